The van der Waals surface area contributed by atoms with Crippen molar-refractivity contribution in [3.63, 3.8) is 0 Å². The Hall–Kier alpha value is -1.36. The molecule has 1 aromatic rings. The fraction of sp³-hybridized carbons (Fsp3) is 0.611. The van der Waals surface area contributed by atoms with Crippen LogP contribution in [0.3, 0.4) is 0 Å². The molecular weight excluding hydrogens is 310 g/mol. The van der Waals surface area contributed by atoms with Crippen LogP contribution in [0.4, 0.5) is 0 Å². The summed E-state index contributed by atoms with van der Waals surface area (Å²) in [6.45, 7) is 6.79. The lowest BCUT2D eigenvalue weighted by Crippen LogP contribution is -2.31. The molecule has 5 heteroatoms. The minimum atomic E-state index is -2.87. The van der Waals surface area contributed by atoms with Gasteiger partial charge in [-0.1, -0.05) is 17.7 Å². The molecule has 1 aromatic carbocycles. The molecule has 1 unspecified atom stereocenters. The molecule has 0 aromatic heterocycles. The molecule has 2 fully saturated rings. The van der Waals surface area contributed by atoms with Gasteiger partial charge in [0.1, 0.15) is 9.84 Å². The van der Waals surface area contributed by atoms with Crippen molar-refractivity contribution in [3.05, 3.63) is 34.4 Å². The number of carbonyl (C=O) groups excluding carboxylic acids is 1. The second-order valence-corrected chi connectivity index (χ2v) is 9.67. The SMILES string of the molecule is Cc1cc(C)c(CNC(=O)C2CC23CCS(=O)(=O)CC3)c(C)c1. The summed E-state index contributed by atoms with van der Waals surface area (Å²) >= 11 is 0. The van der Waals surface area contributed by atoms with Crippen LogP contribution in [-0.4, -0.2) is 25.8 Å². The van der Waals surface area contributed by atoms with Gasteiger partial charge in [-0.3, -0.25) is 4.79 Å². The number of nitrogens with one attached hydrogen (secondary N) is 1. The predicted molar refractivity (Wildman–Crippen MR) is 90.9 cm³/mol. The Bertz CT molecular complexity index is 715. The minimum absolute atomic E-state index is 0.00376. The lowest BCUT2D eigenvalue weighted by Gasteiger charge is -2.22. The molecule has 1 spiro atoms. The number of rotatable bonds is 3. The average molecular weight is 335 g/mol. The largest absolute Gasteiger partial charge is 0.352 e. The second kappa shape index (κ2) is 5.62. The van der Waals surface area contributed by atoms with E-state index in [1.54, 1.807) is 0 Å². The Morgan fingerprint density at radius 2 is 1.74 bits per heavy atom. The van der Waals surface area contributed by atoms with Crippen molar-refractivity contribution >= 4 is 15.7 Å². The summed E-state index contributed by atoms with van der Waals surface area (Å²) in [5, 5.41) is 3.07. The standard InChI is InChI=1S/C18H25NO3S/c1-12-8-13(2)15(14(3)9-12)11-19-17(20)16-10-18(16)4-6-23(21,22)7-5-18/h8-9,16H,4-7,10-11H2,1-3H3,(H,19,20). The maximum atomic E-state index is 12.4. The molecule has 23 heavy (non-hydrogen) atoms. The summed E-state index contributed by atoms with van der Waals surface area (Å²) in [7, 11) is -2.87. The zero-order valence-corrected chi connectivity index (χ0v) is 14.9. The normalized spacial score (nSPS) is 24.4. The van der Waals surface area contributed by atoms with Gasteiger partial charge in [-0.25, -0.2) is 8.42 Å². The predicted octanol–water partition coefficient (Wildman–Crippen LogP) is 2.44. The van der Waals surface area contributed by atoms with E-state index in [9.17, 15) is 13.2 Å². The van der Waals surface area contributed by atoms with Gasteiger partial charge in [0.25, 0.3) is 0 Å². The van der Waals surface area contributed by atoms with Gasteiger partial charge in [0.05, 0.1) is 11.5 Å². The van der Waals surface area contributed by atoms with Crippen molar-refractivity contribution in [1.29, 1.82) is 0 Å². The van der Waals surface area contributed by atoms with Crippen molar-refractivity contribution in [2.45, 2.75) is 46.6 Å². The minimum Gasteiger partial charge on any atom is -0.352 e. The average Bonchev–Trinajstić information content (AvgIpc) is 3.16. The zero-order chi connectivity index (χ0) is 16.8. The van der Waals surface area contributed by atoms with Gasteiger partial charge in [0.15, 0.2) is 0 Å². The van der Waals surface area contributed by atoms with Crippen LogP contribution in [0.2, 0.25) is 0 Å². The van der Waals surface area contributed by atoms with Crippen LogP contribution in [-0.2, 0) is 21.2 Å². The summed E-state index contributed by atoms with van der Waals surface area (Å²) in [6.07, 6.45) is 2.15. The van der Waals surface area contributed by atoms with E-state index in [4.69, 9.17) is 0 Å². The number of hydrogen-bond donors (Lipinski definition) is 1. The van der Waals surface area contributed by atoms with Crippen molar-refractivity contribution in [1.82, 2.24) is 5.32 Å². The molecule has 3 rings (SSSR count). The van der Waals surface area contributed by atoms with Crippen LogP contribution < -0.4 is 5.32 Å². The number of carbonyl (C=O) groups is 1. The van der Waals surface area contributed by atoms with E-state index in [-0.39, 0.29) is 28.7 Å². The number of hydrogen-bond acceptors (Lipinski definition) is 3. The topological polar surface area (TPSA) is 63.2 Å². The second-order valence-electron chi connectivity index (χ2n) is 7.37. The van der Waals surface area contributed by atoms with E-state index in [0.717, 1.165) is 6.42 Å². The molecule has 1 atom stereocenters. The number of amides is 1. The lowest BCUT2D eigenvalue weighted by molar-refractivity contribution is -0.123. The van der Waals surface area contributed by atoms with Gasteiger partial charge in [0, 0.05) is 12.5 Å². The van der Waals surface area contributed by atoms with E-state index >= 15 is 0 Å². The fourth-order valence-electron chi connectivity index (χ4n) is 4.00. The summed E-state index contributed by atoms with van der Waals surface area (Å²) < 4.78 is 23.1. The van der Waals surface area contributed by atoms with Gasteiger partial charge in [-0.15, -0.1) is 0 Å². The summed E-state index contributed by atoms with van der Waals surface area (Å²) in [5.74, 6) is 0.577. The molecule has 1 aliphatic carbocycles. The molecule has 4 nitrogen and oxygen atoms in total. The number of benzene rings is 1. The van der Waals surface area contributed by atoms with Gasteiger partial charge in [-0.05, 0) is 62.1 Å². The van der Waals surface area contributed by atoms with Crippen LogP contribution in [0, 0.1) is 32.1 Å². The summed E-state index contributed by atoms with van der Waals surface area (Å²) in [6, 6.07) is 4.28. The van der Waals surface area contributed by atoms with E-state index in [1.807, 2.05) is 0 Å². The Labute approximate surface area is 138 Å². The third kappa shape index (κ3) is 3.30. The van der Waals surface area contributed by atoms with Crippen LogP contribution in [0.15, 0.2) is 12.1 Å². The summed E-state index contributed by atoms with van der Waals surface area (Å²) in [4.78, 5) is 12.4. The Kier molecular flexibility index (Phi) is 4.03. The molecule has 0 radical (unpaired) electrons. The van der Waals surface area contributed by atoms with Crippen LogP contribution >= 0.6 is 0 Å². The first-order chi connectivity index (χ1) is 10.7. The van der Waals surface area contributed by atoms with Gasteiger partial charge < -0.3 is 5.32 Å². The van der Waals surface area contributed by atoms with Crippen molar-refractivity contribution in [2.75, 3.05) is 11.5 Å². The first kappa shape index (κ1) is 16.5. The lowest BCUT2D eigenvalue weighted by atomic mass is 9.96. The highest BCUT2D eigenvalue weighted by atomic mass is 32.2. The summed E-state index contributed by atoms with van der Waals surface area (Å²) in [5.41, 5.74) is 4.80. The van der Waals surface area contributed by atoms with E-state index in [0.29, 0.717) is 19.4 Å². The third-order valence-corrected chi connectivity index (χ3v) is 7.26. The molecular formula is C18H25NO3S. The van der Waals surface area contributed by atoms with Crippen molar-refractivity contribution in [2.24, 2.45) is 11.3 Å². The van der Waals surface area contributed by atoms with Crippen molar-refractivity contribution < 1.29 is 13.2 Å². The fourth-order valence-corrected chi connectivity index (χ4v) is 5.64. The van der Waals surface area contributed by atoms with Gasteiger partial charge in [-0.2, -0.15) is 0 Å². The monoisotopic (exact) mass is 335 g/mol. The maximum Gasteiger partial charge on any atom is 0.223 e. The number of aryl methyl sites for hydroxylation is 3. The third-order valence-electron chi connectivity index (χ3n) is 5.61. The molecule has 126 valence electrons. The quantitative estimate of drug-likeness (QED) is 0.923. The maximum absolute atomic E-state index is 12.4. The van der Waals surface area contributed by atoms with E-state index in [2.05, 4.69) is 38.2 Å². The smallest absolute Gasteiger partial charge is 0.223 e. The molecule has 1 amide bonds. The van der Waals surface area contributed by atoms with E-state index < -0.39 is 9.84 Å². The zero-order valence-electron chi connectivity index (χ0n) is 14.1. The van der Waals surface area contributed by atoms with Crippen LogP contribution in [0.1, 0.15) is 41.5 Å². The van der Waals surface area contributed by atoms with Crippen LogP contribution in [0.25, 0.3) is 0 Å². The van der Waals surface area contributed by atoms with E-state index in [1.165, 1.54) is 22.3 Å². The van der Waals surface area contributed by atoms with Crippen molar-refractivity contribution in [3.8, 4) is 0 Å². The molecule has 2 aliphatic rings. The Morgan fingerprint density at radius 1 is 1.17 bits per heavy atom. The first-order valence-electron chi connectivity index (χ1n) is 8.27. The molecule has 1 aliphatic heterocycles. The highest BCUT2D eigenvalue weighted by molar-refractivity contribution is 7.91. The number of sulfone groups is 1. The molecule has 1 heterocycles. The van der Waals surface area contributed by atoms with Gasteiger partial charge >= 0.3 is 0 Å². The first-order valence-corrected chi connectivity index (χ1v) is 10.1. The Morgan fingerprint density at radius 3 is 2.30 bits per heavy atom. The molecule has 1 N–H and O–H groups in total. The highest BCUT2D eigenvalue weighted by Gasteiger charge is 2.59. The Balaban J connectivity index is 1.60. The highest BCUT2D eigenvalue weighted by Crippen LogP contribution is 2.59. The molecule has 0 bridgehead atoms. The van der Waals surface area contributed by atoms with Gasteiger partial charge in [0.2, 0.25) is 5.91 Å². The molecule has 1 saturated carbocycles. The van der Waals surface area contributed by atoms with Crippen LogP contribution in [0.5, 0.6) is 0 Å². The molecule has 1 saturated heterocycles.